The highest BCUT2D eigenvalue weighted by Crippen LogP contribution is 2.26. The Bertz CT molecular complexity index is 745. The summed E-state index contributed by atoms with van der Waals surface area (Å²) in [5.41, 5.74) is 6.35. The van der Waals surface area contributed by atoms with Crippen LogP contribution >= 0.6 is 0 Å². The van der Waals surface area contributed by atoms with Gasteiger partial charge in [0.25, 0.3) is 10.0 Å². The molecule has 0 bridgehead atoms. The summed E-state index contributed by atoms with van der Waals surface area (Å²) in [6, 6.07) is 10.5. The zero-order valence-electron chi connectivity index (χ0n) is 11.2. The summed E-state index contributed by atoms with van der Waals surface area (Å²) in [6.45, 7) is 1.72. The number of hydrogen-bond acceptors (Lipinski definition) is 3. The highest BCUT2D eigenvalue weighted by atomic mass is 32.2. The van der Waals surface area contributed by atoms with Gasteiger partial charge in [-0.15, -0.1) is 0 Å². The molecule has 0 saturated carbocycles. The van der Waals surface area contributed by atoms with Gasteiger partial charge in [-0.3, -0.25) is 4.31 Å². The Kier molecular flexibility index (Phi) is 3.67. The third-order valence-corrected chi connectivity index (χ3v) is 5.02. The van der Waals surface area contributed by atoms with Crippen LogP contribution in [0, 0.1) is 12.7 Å². The first-order chi connectivity index (χ1) is 9.34. The van der Waals surface area contributed by atoms with Crippen LogP contribution in [0.1, 0.15) is 5.56 Å². The molecule has 2 rings (SSSR count). The van der Waals surface area contributed by atoms with Crippen LogP contribution in [0.25, 0.3) is 0 Å². The van der Waals surface area contributed by atoms with Gasteiger partial charge in [-0.25, -0.2) is 12.8 Å². The molecule has 0 radical (unpaired) electrons. The number of nitrogens with two attached hydrogens (primary N) is 1. The van der Waals surface area contributed by atoms with Crippen LogP contribution in [-0.4, -0.2) is 15.5 Å². The summed E-state index contributed by atoms with van der Waals surface area (Å²) in [5.74, 6) is -0.574. The highest BCUT2D eigenvalue weighted by Gasteiger charge is 2.23. The van der Waals surface area contributed by atoms with E-state index < -0.39 is 15.8 Å². The average Bonchev–Trinajstić information content (AvgIpc) is 2.41. The average molecular weight is 294 g/mol. The van der Waals surface area contributed by atoms with E-state index in [1.165, 1.54) is 25.2 Å². The van der Waals surface area contributed by atoms with Gasteiger partial charge in [0.15, 0.2) is 0 Å². The van der Waals surface area contributed by atoms with Crippen molar-refractivity contribution < 1.29 is 12.8 Å². The monoisotopic (exact) mass is 294 g/mol. The third-order valence-electron chi connectivity index (χ3n) is 3.08. The molecule has 106 valence electrons. The molecule has 0 aliphatic heterocycles. The molecule has 0 unspecified atom stereocenters. The molecule has 2 N–H and O–H groups in total. The van der Waals surface area contributed by atoms with E-state index in [-0.39, 0.29) is 10.6 Å². The van der Waals surface area contributed by atoms with Gasteiger partial charge in [-0.05, 0) is 36.8 Å². The molecule has 0 fully saturated rings. The van der Waals surface area contributed by atoms with E-state index in [1.807, 2.05) is 0 Å². The molecule has 0 heterocycles. The van der Waals surface area contributed by atoms with Crippen molar-refractivity contribution in [3.8, 4) is 0 Å². The number of nitrogens with zero attached hydrogens (tertiary/aromatic N) is 1. The molecule has 2 aromatic carbocycles. The van der Waals surface area contributed by atoms with Gasteiger partial charge in [0, 0.05) is 7.05 Å². The number of aryl methyl sites for hydroxylation is 1. The summed E-state index contributed by atoms with van der Waals surface area (Å²) >= 11 is 0. The first kappa shape index (κ1) is 14.3. The maximum Gasteiger partial charge on any atom is 0.264 e. The van der Waals surface area contributed by atoms with Crippen LogP contribution in [0.3, 0.4) is 0 Å². The number of nitrogen functional groups attached to an aromatic ring is 1. The molecule has 0 saturated heterocycles. The zero-order chi connectivity index (χ0) is 14.9. The molecule has 2 aromatic rings. The van der Waals surface area contributed by atoms with E-state index in [4.69, 9.17) is 5.73 Å². The lowest BCUT2D eigenvalue weighted by Gasteiger charge is -2.21. The van der Waals surface area contributed by atoms with Gasteiger partial charge >= 0.3 is 0 Å². The lowest BCUT2D eigenvalue weighted by atomic mass is 10.2. The quantitative estimate of drug-likeness (QED) is 0.885. The fraction of sp³-hybridized carbons (Fsp3) is 0.143. The van der Waals surface area contributed by atoms with Gasteiger partial charge in [0.05, 0.1) is 16.3 Å². The van der Waals surface area contributed by atoms with E-state index in [9.17, 15) is 12.8 Å². The molecule has 0 aliphatic carbocycles. The fourth-order valence-corrected chi connectivity index (χ4v) is 3.27. The van der Waals surface area contributed by atoms with Crippen LogP contribution in [0.2, 0.25) is 0 Å². The molecular weight excluding hydrogens is 279 g/mol. The van der Waals surface area contributed by atoms with E-state index in [2.05, 4.69) is 0 Å². The summed E-state index contributed by atoms with van der Waals surface area (Å²) in [4.78, 5) is 0.213. The molecular formula is C14H15FN2O2S. The maximum atomic E-state index is 13.2. The van der Waals surface area contributed by atoms with Crippen molar-refractivity contribution in [1.82, 2.24) is 0 Å². The lowest BCUT2D eigenvalue weighted by Crippen LogP contribution is -2.27. The molecule has 0 aromatic heterocycles. The van der Waals surface area contributed by atoms with Gasteiger partial charge < -0.3 is 5.73 Å². The Labute approximate surface area is 117 Å². The molecule has 0 atom stereocenters. The van der Waals surface area contributed by atoms with Crippen molar-refractivity contribution in [2.75, 3.05) is 17.1 Å². The number of halogens is 1. The van der Waals surface area contributed by atoms with Gasteiger partial charge in [0.1, 0.15) is 5.82 Å². The Morgan fingerprint density at radius 2 is 1.80 bits per heavy atom. The normalized spacial score (nSPS) is 11.3. The number of anilines is 2. The second kappa shape index (κ2) is 5.13. The number of benzene rings is 2. The van der Waals surface area contributed by atoms with Crippen LogP contribution in [0.15, 0.2) is 47.4 Å². The Morgan fingerprint density at radius 1 is 1.15 bits per heavy atom. The minimum atomic E-state index is -3.70. The first-order valence-corrected chi connectivity index (χ1v) is 7.37. The predicted molar refractivity (Wildman–Crippen MR) is 77.6 cm³/mol. The third kappa shape index (κ3) is 2.46. The SMILES string of the molecule is Cc1ccccc1S(=O)(=O)N(C)c1ccc(F)c(N)c1. The van der Waals surface area contributed by atoms with Crippen molar-refractivity contribution in [2.24, 2.45) is 0 Å². The second-order valence-electron chi connectivity index (χ2n) is 4.44. The number of hydrogen-bond donors (Lipinski definition) is 1. The van der Waals surface area contributed by atoms with Crippen molar-refractivity contribution in [3.05, 3.63) is 53.8 Å². The topological polar surface area (TPSA) is 63.4 Å². The van der Waals surface area contributed by atoms with Gasteiger partial charge in [-0.1, -0.05) is 18.2 Å². The smallest absolute Gasteiger partial charge is 0.264 e. The summed E-state index contributed by atoms with van der Waals surface area (Å²) < 4.78 is 39.3. The van der Waals surface area contributed by atoms with Crippen molar-refractivity contribution in [3.63, 3.8) is 0 Å². The fourth-order valence-electron chi connectivity index (χ4n) is 1.86. The van der Waals surface area contributed by atoms with Gasteiger partial charge in [0.2, 0.25) is 0 Å². The van der Waals surface area contributed by atoms with Crippen molar-refractivity contribution >= 4 is 21.4 Å². The predicted octanol–water partition coefficient (Wildman–Crippen LogP) is 2.54. The van der Waals surface area contributed by atoms with Crippen molar-refractivity contribution in [1.29, 1.82) is 0 Å². The first-order valence-electron chi connectivity index (χ1n) is 5.93. The summed E-state index contributed by atoms with van der Waals surface area (Å²) in [7, 11) is -2.29. The number of rotatable bonds is 3. The molecule has 6 heteroatoms. The zero-order valence-corrected chi connectivity index (χ0v) is 12.0. The van der Waals surface area contributed by atoms with E-state index in [1.54, 1.807) is 25.1 Å². The molecule has 0 spiro atoms. The van der Waals surface area contributed by atoms with Crippen LogP contribution in [0.4, 0.5) is 15.8 Å². The molecule has 4 nitrogen and oxygen atoms in total. The summed E-state index contributed by atoms with van der Waals surface area (Å²) in [5, 5.41) is 0. The molecule has 0 aliphatic rings. The maximum absolute atomic E-state index is 13.2. The second-order valence-corrected chi connectivity index (χ2v) is 6.38. The Hall–Kier alpha value is -2.08. The van der Waals surface area contributed by atoms with Crippen LogP contribution in [0.5, 0.6) is 0 Å². The largest absolute Gasteiger partial charge is 0.396 e. The summed E-state index contributed by atoms with van der Waals surface area (Å²) in [6.07, 6.45) is 0. The minimum absolute atomic E-state index is 0.0886. The lowest BCUT2D eigenvalue weighted by molar-refractivity contribution is 0.593. The van der Waals surface area contributed by atoms with E-state index in [0.717, 1.165) is 10.4 Å². The highest BCUT2D eigenvalue weighted by molar-refractivity contribution is 7.92. The van der Waals surface area contributed by atoms with E-state index in [0.29, 0.717) is 11.3 Å². The Morgan fingerprint density at radius 3 is 2.40 bits per heavy atom. The van der Waals surface area contributed by atoms with Gasteiger partial charge in [-0.2, -0.15) is 0 Å². The standard InChI is InChI=1S/C14H15FN2O2S/c1-10-5-3-4-6-14(10)20(18,19)17(2)11-7-8-12(15)13(16)9-11/h3-9H,16H2,1-2H3. The van der Waals surface area contributed by atoms with Crippen molar-refractivity contribution in [2.45, 2.75) is 11.8 Å². The van der Waals surface area contributed by atoms with E-state index >= 15 is 0 Å². The van der Waals surface area contributed by atoms with Crippen LogP contribution < -0.4 is 10.0 Å². The van der Waals surface area contributed by atoms with Crippen LogP contribution in [-0.2, 0) is 10.0 Å². The number of sulfonamides is 1. The molecule has 20 heavy (non-hydrogen) atoms. The molecule has 0 amide bonds. The Balaban J connectivity index is 2.49. The minimum Gasteiger partial charge on any atom is -0.396 e.